The van der Waals surface area contributed by atoms with E-state index in [2.05, 4.69) is 4.90 Å². The average Bonchev–Trinajstić information content (AvgIpc) is 3.42. The fraction of sp³-hybridized carbons (Fsp3) is 0.304. The van der Waals surface area contributed by atoms with E-state index >= 15 is 0 Å². The van der Waals surface area contributed by atoms with Crippen LogP contribution in [-0.4, -0.2) is 61.1 Å². The van der Waals surface area contributed by atoms with Crippen molar-refractivity contribution >= 4 is 72.1 Å². The van der Waals surface area contributed by atoms with Crippen LogP contribution in [-0.2, 0) is 0 Å². The Bertz CT molecular complexity index is 1360. The average molecular weight is 535 g/mol. The van der Waals surface area contributed by atoms with E-state index in [1.807, 2.05) is 26.2 Å². The van der Waals surface area contributed by atoms with Crippen molar-refractivity contribution in [1.82, 2.24) is 9.88 Å². The fourth-order valence-electron chi connectivity index (χ4n) is 3.78. The zero-order valence-corrected chi connectivity index (χ0v) is 21.5. The zero-order chi connectivity index (χ0) is 23.8. The zero-order valence-electron chi connectivity index (χ0n) is 19.1. The van der Waals surface area contributed by atoms with Crippen molar-refractivity contribution < 1.29 is 19.2 Å². The van der Waals surface area contributed by atoms with E-state index in [1.165, 1.54) is 34.8 Å². The highest BCUT2D eigenvalue weighted by molar-refractivity contribution is 7.23. The van der Waals surface area contributed by atoms with E-state index < -0.39 is 4.92 Å². The minimum absolute atomic E-state index is 0. The molecular formula is C23H23ClN4O5S2. The number of nitro benzene ring substituents is 1. The first-order valence-electron chi connectivity index (χ1n) is 10.7. The molecule has 0 saturated carbocycles. The molecule has 2 aromatic heterocycles. The molecule has 3 heterocycles. The number of anilines is 1. The second kappa shape index (κ2) is 10.3. The highest BCUT2D eigenvalue weighted by atomic mass is 35.5. The van der Waals surface area contributed by atoms with E-state index in [9.17, 15) is 14.9 Å². The number of non-ortho nitro benzene ring substituents is 1. The molecule has 1 aliphatic heterocycles. The van der Waals surface area contributed by atoms with Gasteiger partial charge in [0, 0.05) is 40.9 Å². The molecule has 0 fully saturated rings. The number of rotatable bonds is 7. The Balaban J connectivity index is 0.00000289. The topological polar surface area (TPSA) is 98.0 Å². The van der Waals surface area contributed by atoms with E-state index in [4.69, 9.17) is 14.5 Å². The van der Waals surface area contributed by atoms with Gasteiger partial charge in [-0.1, -0.05) is 11.3 Å². The molecule has 2 aromatic carbocycles. The van der Waals surface area contributed by atoms with Crippen molar-refractivity contribution in [3.63, 3.8) is 0 Å². The van der Waals surface area contributed by atoms with Gasteiger partial charge < -0.3 is 14.4 Å². The van der Waals surface area contributed by atoms with Crippen LogP contribution in [0.2, 0.25) is 0 Å². The normalized spacial score (nSPS) is 12.7. The Morgan fingerprint density at radius 3 is 2.51 bits per heavy atom. The number of aromatic nitrogens is 1. The maximum atomic E-state index is 13.6. The van der Waals surface area contributed by atoms with Crippen LogP contribution in [0.15, 0.2) is 36.4 Å². The first-order valence-corrected chi connectivity index (χ1v) is 12.4. The monoisotopic (exact) mass is 534 g/mol. The molecule has 1 aliphatic rings. The molecular weight excluding hydrogens is 512 g/mol. The molecule has 9 nitrogen and oxygen atoms in total. The first-order chi connectivity index (χ1) is 16.4. The third-order valence-electron chi connectivity index (χ3n) is 5.43. The first kappa shape index (κ1) is 25.1. The lowest BCUT2D eigenvalue weighted by molar-refractivity contribution is -0.384. The number of nitrogens with zero attached hydrogens (tertiary/aromatic N) is 4. The predicted octanol–water partition coefficient (Wildman–Crippen LogP) is 5.21. The van der Waals surface area contributed by atoms with Crippen molar-refractivity contribution in [1.29, 1.82) is 0 Å². The summed E-state index contributed by atoms with van der Waals surface area (Å²) in [7, 11) is 3.99. The Hall–Kier alpha value is -2.99. The number of fused-ring (bicyclic) bond motifs is 3. The Kier molecular flexibility index (Phi) is 7.41. The summed E-state index contributed by atoms with van der Waals surface area (Å²) < 4.78 is 13.1. The second-order valence-electron chi connectivity index (χ2n) is 8.16. The third kappa shape index (κ3) is 5.18. The van der Waals surface area contributed by atoms with Crippen LogP contribution in [0.4, 0.5) is 10.8 Å². The van der Waals surface area contributed by atoms with Gasteiger partial charge in [0.05, 0.1) is 20.0 Å². The minimum atomic E-state index is -0.430. The predicted molar refractivity (Wildman–Crippen MR) is 141 cm³/mol. The number of thiazole rings is 1. The smallest absolute Gasteiger partial charge is 0.270 e. The number of carbonyl (C=O) groups excluding carboxylic acids is 1. The number of hydrogen-bond donors (Lipinski definition) is 0. The second-order valence-corrected chi connectivity index (χ2v) is 10.3. The highest BCUT2D eigenvalue weighted by Crippen LogP contribution is 2.39. The molecule has 0 spiro atoms. The molecule has 5 rings (SSSR count). The maximum Gasteiger partial charge on any atom is 0.270 e. The lowest BCUT2D eigenvalue weighted by atomic mass is 10.2. The van der Waals surface area contributed by atoms with Gasteiger partial charge in [0.25, 0.3) is 11.6 Å². The summed E-state index contributed by atoms with van der Waals surface area (Å²) in [5.74, 6) is 1.18. The number of amides is 1. The number of carbonyl (C=O) groups is 1. The molecule has 4 aromatic rings. The van der Waals surface area contributed by atoms with Crippen LogP contribution >= 0.6 is 35.1 Å². The van der Waals surface area contributed by atoms with Crippen molar-refractivity contribution in [2.75, 3.05) is 45.3 Å². The molecule has 0 atom stereocenters. The molecule has 0 unspecified atom stereocenters. The van der Waals surface area contributed by atoms with Crippen molar-refractivity contribution in [2.24, 2.45) is 0 Å². The molecule has 12 heteroatoms. The molecule has 0 radical (unpaired) electrons. The fourth-order valence-corrected chi connectivity index (χ4v) is 5.77. The van der Waals surface area contributed by atoms with E-state index in [1.54, 1.807) is 17.0 Å². The summed E-state index contributed by atoms with van der Waals surface area (Å²) in [6.07, 6.45) is 0.772. The molecule has 0 N–H and O–H groups in total. The summed E-state index contributed by atoms with van der Waals surface area (Å²) in [5, 5.41) is 12.4. The number of thiophene rings is 1. The van der Waals surface area contributed by atoms with Gasteiger partial charge in [-0.15, -0.1) is 23.7 Å². The van der Waals surface area contributed by atoms with Gasteiger partial charge in [-0.25, -0.2) is 4.98 Å². The van der Waals surface area contributed by atoms with Gasteiger partial charge in [0.1, 0.15) is 13.2 Å². The van der Waals surface area contributed by atoms with Gasteiger partial charge in [-0.3, -0.25) is 19.8 Å². The number of ether oxygens (including phenoxy) is 2. The quantitative estimate of drug-likeness (QED) is 0.237. The number of nitro groups is 1. The van der Waals surface area contributed by atoms with Crippen LogP contribution in [0.25, 0.3) is 20.3 Å². The van der Waals surface area contributed by atoms with Crippen molar-refractivity contribution in [3.8, 4) is 11.5 Å². The third-order valence-corrected chi connectivity index (χ3v) is 7.57. The number of halogens is 1. The van der Waals surface area contributed by atoms with Gasteiger partial charge in [0.2, 0.25) is 0 Å². The molecule has 1 amide bonds. The number of benzene rings is 2. The Labute approximate surface area is 215 Å². The molecule has 35 heavy (non-hydrogen) atoms. The van der Waals surface area contributed by atoms with Crippen LogP contribution in [0.5, 0.6) is 11.5 Å². The lowest BCUT2D eigenvalue weighted by Crippen LogP contribution is -2.32. The molecule has 0 bridgehead atoms. The summed E-state index contributed by atoms with van der Waals surface area (Å²) in [5.41, 5.74) is 0.758. The maximum absolute atomic E-state index is 13.6. The standard InChI is InChI=1S/C23H22N4O5S2.ClH/c1-25(2)6-3-7-26(22(28)21-11-14-10-15(27(29)30)4-5-19(14)33-21)23-24-16-12-17-18(13-20(16)34-23)32-9-8-31-17;/h4-5,10-13H,3,6-9H2,1-2H3;1H. The SMILES string of the molecule is CN(C)CCCN(C(=O)c1cc2cc([N+](=O)[O-])ccc2s1)c1nc2cc3c(cc2s1)OCCO3.Cl. The highest BCUT2D eigenvalue weighted by Gasteiger charge is 2.24. The summed E-state index contributed by atoms with van der Waals surface area (Å²) >= 11 is 2.76. The number of hydrogen-bond acceptors (Lipinski definition) is 9. The van der Waals surface area contributed by atoms with Gasteiger partial charge >= 0.3 is 0 Å². The molecule has 0 saturated heterocycles. The Morgan fingerprint density at radius 1 is 1.06 bits per heavy atom. The van der Waals surface area contributed by atoms with Crippen LogP contribution in [0.3, 0.4) is 0 Å². The summed E-state index contributed by atoms with van der Waals surface area (Å²) in [6, 6.07) is 10.1. The summed E-state index contributed by atoms with van der Waals surface area (Å²) in [4.78, 5) is 33.4. The minimum Gasteiger partial charge on any atom is -0.486 e. The molecule has 0 aliphatic carbocycles. The summed E-state index contributed by atoms with van der Waals surface area (Å²) in [6.45, 7) is 2.32. The van der Waals surface area contributed by atoms with E-state index in [0.29, 0.717) is 46.7 Å². The van der Waals surface area contributed by atoms with Crippen LogP contribution < -0.4 is 14.4 Å². The largest absolute Gasteiger partial charge is 0.486 e. The van der Waals surface area contributed by atoms with Crippen molar-refractivity contribution in [3.05, 3.63) is 51.4 Å². The Morgan fingerprint density at radius 2 is 1.80 bits per heavy atom. The lowest BCUT2D eigenvalue weighted by Gasteiger charge is -2.20. The van der Waals surface area contributed by atoms with Crippen LogP contribution in [0, 0.1) is 10.1 Å². The van der Waals surface area contributed by atoms with Crippen LogP contribution in [0.1, 0.15) is 16.1 Å². The van der Waals surface area contributed by atoms with Gasteiger partial charge in [-0.2, -0.15) is 0 Å². The van der Waals surface area contributed by atoms with Crippen molar-refractivity contribution in [2.45, 2.75) is 6.42 Å². The molecule has 184 valence electrons. The van der Waals surface area contributed by atoms with Gasteiger partial charge in [0.15, 0.2) is 16.6 Å². The van der Waals surface area contributed by atoms with E-state index in [0.717, 1.165) is 27.9 Å². The van der Waals surface area contributed by atoms with Gasteiger partial charge in [-0.05, 0) is 39.2 Å². The van der Waals surface area contributed by atoms with E-state index in [-0.39, 0.29) is 24.0 Å².